The molecule has 2 fully saturated rings. The Kier molecular flexibility index (Phi) is 11.2. The van der Waals surface area contributed by atoms with Gasteiger partial charge in [0.25, 0.3) is 0 Å². The molecule has 2 rings (SSSR count). The first-order valence-corrected chi connectivity index (χ1v) is 10.9. The van der Waals surface area contributed by atoms with Crippen LogP contribution >= 0.6 is 0 Å². The van der Waals surface area contributed by atoms with E-state index in [9.17, 15) is 19.8 Å². The van der Waals surface area contributed by atoms with Crippen LogP contribution in [-0.4, -0.2) is 112 Å². The van der Waals surface area contributed by atoms with Crippen LogP contribution in [0.1, 0.15) is 25.7 Å². The molecule has 4 atom stereocenters. The Morgan fingerprint density at radius 1 is 0.781 bits per heavy atom. The lowest BCUT2D eigenvalue weighted by Crippen LogP contribution is -2.79. The lowest BCUT2D eigenvalue weighted by atomic mass is 9.65. The number of aliphatic carboxylic acids is 2. The molecule has 1 aliphatic carbocycles. The van der Waals surface area contributed by atoms with Gasteiger partial charge in [-0.3, -0.25) is 0 Å². The highest BCUT2D eigenvalue weighted by Crippen LogP contribution is 2.40. The maximum Gasteiger partial charge on any atom is 0.341 e. The third-order valence-electron chi connectivity index (χ3n) is 5.81. The van der Waals surface area contributed by atoms with Crippen LogP contribution in [0.3, 0.4) is 0 Å². The van der Waals surface area contributed by atoms with E-state index in [4.69, 9.17) is 39.9 Å². The second-order valence-electron chi connectivity index (χ2n) is 7.82. The van der Waals surface area contributed by atoms with Gasteiger partial charge in [0.2, 0.25) is 5.60 Å². The minimum Gasteiger partial charge on any atom is -0.479 e. The number of nitrogens with two attached hydrogens (primary N) is 2. The Balaban J connectivity index is 2.29. The van der Waals surface area contributed by atoms with E-state index in [0.29, 0.717) is 39.3 Å². The fourth-order valence-electron chi connectivity index (χ4n) is 4.12. The molecule has 1 heterocycles. The molecule has 1 aliphatic heterocycles. The molecule has 12 nitrogen and oxygen atoms in total. The van der Waals surface area contributed by atoms with Crippen LogP contribution < -0.4 is 11.5 Å². The number of rotatable bonds is 3. The van der Waals surface area contributed by atoms with E-state index in [1.807, 2.05) is 0 Å². The maximum absolute atomic E-state index is 12.7. The van der Waals surface area contributed by atoms with E-state index in [1.165, 1.54) is 0 Å². The number of ether oxygens (including phenoxy) is 6. The summed E-state index contributed by atoms with van der Waals surface area (Å²) in [5.74, 6) is -3.06. The van der Waals surface area contributed by atoms with Crippen molar-refractivity contribution in [2.24, 2.45) is 11.5 Å². The van der Waals surface area contributed by atoms with Crippen molar-refractivity contribution in [3.05, 3.63) is 0 Å². The van der Waals surface area contributed by atoms with Crippen molar-refractivity contribution in [3.63, 3.8) is 0 Å². The van der Waals surface area contributed by atoms with Crippen molar-refractivity contribution in [1.29, 1.82) is 0 Å². The molecule has 186 valence electrons. The van der Waals surface area contributed by atoms with E-state index < -0.39 is 35.2 Å². The monoisotopic (exact) mass is 464 g/mol. The van der Waals surface area contributed by atoms with E-state index in [-0.39, 0.29) is 46.1 Å². The van der Waals surface area contributed by atoms with Gasteiger partial charge >= 0.3 is 11.9 Å². The molecular weight excluding hydrogens is 428 g/mol. The molecule has 0 bridgehead atoms. The molecular formula is C20H36N2O10. The zero-order valence-electron chi connectivity index (χ0n) is 18.4. The third kappa shape index (κ3) is 6.58. The lowest BCUT2D eigenvalue weighted by Gasteiger charge is -2.52. The fraction of sp³-hybridized carbons (Fsp3) is 0.900. The molecule has 0 radical (unpaired) electrons. The summed E-state index contributed by atoms with van der Waals surface area (Å²) in [6.07, 6.45) is 0.0596. The fourth-order valence-corrected chi connectivity index (χ4v) is 4.12. The number of hydrogen-bond acceptors (Lipinski definition) is 10. The van der Waals surface area contributed by atoms with Crippen molar-refractivity contribution in [1.82, 2.24) is 0 Å². The average Bonchev–Trinajstić information content (AvgIpc) is 2.75. The highest BCUT2D eigenvalue weighted by molar-refractivity contribution is 5.89. The van der Waals surface area contributed by atoms with Crippen LogP contribution in [0.2, 0.25) is 0 Å². The molecule has 0 aromatic rings. The Labute approximate surface area is 187 Å². The van der Waals surface area contributed by atoms with Gasteiger partial charge in [-0.05, 0) is 12.8 Å². The number of carbonyl (C=O) groups is 2. The highest BCUT2D eigenvalue weighted by Gasteiger charge is 2.66. The van der Waals surface area contributed by atoms with E-state index in [0.717, 1.165) is 6.42 Å². The van der Waals surface area contributed by atoms with Crippen LogP contribution in [-0.2, 0) is 38.0 Å². The summed E-state index contributed by atoms with van der Waals surface area (Å²) in [6.45, 7) is 1.60. The van der Waals surface area contributed by atoms with Crippen LogP contribution in [0.5, 0.6) is 0 Å². The SMILES string of the molecule is N[C@@H]1CCCC[C@]1(N)C1(C(=O)O)OCCOCCOCCOCCOCCOC1C(=O)O. The van der Waals surface area contributed by atoms with Gasteiger partial charge in [0, 0.05) is 6.04 Å². The van der Waals surface area contributed by atoms with Crippen LogP contribution in [0.4, 0.5) is 0 Å². The van der Waals surface area contributed by atoms with Crippen molar-refractivity contribution in [3.8, 4) is 0 Å². The molecule has 6 N–H and O–H groups in total. The molecule has 0 amide bonds. The van der Waals surface area contributed by atoms with E-state index in [2.05, 4.69) is 0 Å². The number of hydrogen-bond donors (Lipinski definition) is 4. The second-order valence-corrected chi connectivity index (χ2v) is 7.82. The molecule has 2 aliphatic rings. The summed E-state index contributed by atoms with van der Waals surface area (Å²) >= 11 is 0. The Morgan fingerprint density at radius 3 is 1.75 bits per heavy atom. The van der Waals surface area contributed by atoms with E-state index in [1.54, 1.807) is 0 Å². The van der Waals surface area contributed by atoms with E-state index >= 15 is 0 Å². The first-order valence-electron chi connectivity index (χ1n) is 10.9. The third-order valence-corrected chi connectivity index (χ3v) is 5.81. The first kappa shape index (κ1) is 26.9. The molecule has 1 saturated heterocycles. The highest BCUT2D eigenvalue weighted by atomic mass is 16.6. The standard InChI is InChI=1S/C20H36N2O10/c21-15-3-1-2-4-19(15,22)20(18(25)26)16(17(23)24)31-13-11-29-9-7-27-5-6-28-8-10-30-12-14-32-20/h15-16H,1-14,21-22H2,(H,23,24)(H,25,26)/t15-,16?,19-,20?/m1/s1. The van der Waals surface area contributed by atoms with Crippen LogP contribution in [0, 0.1) is 0 Å². The summed E-state index contributed by atoms with van der Waals surface area (Å²) in [4.78, 5) is 24.9. The zero-order valence-corrected chi connectivity index (χ0v) is 18.4. The molecule has 12 heteroatoms. The molecule has 0 aromatic carbocycles. The summed E-state index contributed by atoms with van der Waals surface area (Å²) in [5.41, 5.74) is 8.75. The Bertz CT molecular complexity index is 595. The molecule has 0 spiro atoms. The van der Waals surface area contributed by atoms with Gasteiger partial charge in [-0.1, -0.05) is 12.8 Å². The maximum atomic E-state index is 12.7. The Hall–Kier alpha value is -1.38. The summed E-state index contributed by atoms with van der Waals surface area (Å²) in [7, 11) is 0. The van der Waals surface area contributed by atoms with Crippen molar-refractivity contribution >= 4 is 11.9 Å². The summed E-state index contributed by atoms with van der Waals surface area (Å²) in [5, 5.41) is 20.2. The van der Waals surface area contributed by atoms with Gasteiger partial charge in [0.15, 0.2) is 6.10 Å². The largest absolute Gasteiger partial charge is 0.479 e. The van der Waals surface area contributed by atoms with Crippen molar-refractivity contribution in [2.45, 2.75) is 49.0 Å². The average molecular weight is 465 g/mol. The molecule has 32 heavy (non-hydrogen) atoms. The van der Waals surface area contributed by atoms with Gasteiger partial charge in [0.05, 0.1) is 71.6 Å². The predicted octanol–water partition coefficient (Wildman–Crippen LogP) is -1.02. The summed E-state index contributed by atoms with van der Waals surface area (Å²) in [6, 6.07) is -0.793. The van der Waals surface area contributed by atoms with Gasteiger partial charge in [-0.15, -0.1) is 0 Å². The van der Waals surface area contributed by atoms with Gasteiger partial charge in [-0.2, -0.15) is 0 Å². The van der Waals surface area contributed by atoms with Gasteiger partial charge < -0.3 is 50.1 Å². The second kappa shape index (κ2) is 13.4. The topological polar surface area (TPSA) is 182 Å². The lowest BCUT2D eigenvalue weighted by molar-refractivity contribution is -0.224. The summed E-state index contributed by atoms with van der Waals surface area (Å²) < 4.78 is 32.8. The molecule has 0 aromatic heterocycles. The zero-order chi connectivity index (χ0) is 23.5. The Morgan fingerprint density at radius 2 is 1.28 bits per heavy atom. The van der Waals surface area contributed by atoms with Gasteiger partial charge in [-0.25, -0.2) is 9.59 Å². The van der Waals surface area contributed by atoms with Crippen LogP contribution in [0.25, 0.3) is 0 Å². The van der Waals surface area contributed by atoms with Crippen LogP contribution in [0.15, 0.2) is 0 Å². The van der Waals surface area contributed by atoms with Gasteiger partial charge in [0.1, 0.15) is 0 Å². The number of carboxylic acids is 2. The molecule has 1 saturated carbocycles. The number of carboxylic acid groups (broad SMARTS) is 2. The quantitative estimate of drug-likeness (QED) is 0.399. The normalized spacial score (nSPS) is 35.3. The minimum atomic E-state index is -2.42. The van der Waals surface area contributed by atoms with Crippen molar-refractivity contribution < 1.29 is 48.2 Å². The van der Waals surface area contributed by atoms with Crippen molar-refractivity contribution in [2.75, 3.05) is 66.1 Å². The predicted molar refractivity (Wildman–Crippen MR) is 110 cm³/mol. The molecule has 2 unspecified atom stereocenters. The smallest absolute Gasteiger partial charge is 0.341 e. The first-order chi connectivity index (χ1) is 15.4. The minimum absolute atomic E-state index is 0.00958.